The van der Waals surface area contributed by atoms with E-state index in [9.17, 15) is 0 Å². The quantitative estimate of drug-likeness (QED) is 0.766. The summed E-state index contributed by atoms with van der Waals surface area (Å²) >= 11 is 0. The predicted molar refractivity (Wildman–Crippen MR) is 105 cm³/mol. The number of rotatable bonds is 6. The second-order valence-electron chi connectivity index (χ2n) is 8.10. The molecule has 3 aliphatic rings. The van der Waals surface area contributed by atoms with Gasteiger partial charge in [0.25, 0.3) is 0 Å². The first-order chi connectivity index (χ1) is 12.8. The molecule has 1 unspecified atom stereocenters. The van der Waals surface area contributed by atoms with Crippen molar-refractivity contribution in [2.75, 3.05) is 46.4 Å². The molecule has 4 heteroatoms. The monoisotopic (exact) mass is 358 g/mol. The first-order valence-electron chi connectivity index (χ1n) is 10.6. The van der Waals surface area contributed by atoms with E-state index in [1.165, 1.54) is 88.7 Å². The lowest BCUT2D eigenvalue weighted by Gasteiger charge is -2.33. The zero-order valence-electron chi connectivity index (χ0n) is 16.3. The Kier molecular flexibility index (Phi) is 6.01. The van der Waals surface area contributed by atoms with Gasteiger partial charge in [0.1, 0.15) is 6.61 Å². The Labute approximate surface area is 158 Å². The van der Waals surface area contributed by atoms with Gasteiger partial charge in [-0.1, -0.05) is 6.42 Å². The maximum atomic E-state index is 6.18. The first kappa shape index (κ1) is 18.1. The van der Waals surface area contributed by atoms with Crippen LogP contribution in [0.25, 0.3) is 0 Å². The molecule has 2 aliphatic heterocycles. The number of piperidine rings is 1. The Balaban J connectivity index is 1.45. The maximum absolute atomic E-state index is 6.18. The number of aryl methyl sites for hydroxylation is 1. The molecule has 4 nitrogen and oxygen atoms in total. The summed E-state index contributed by atoms with van der Waals surface area (Å²) in [6.45, 7) is 6.73. The number of ether oxygens (including phenoxy) is 2. The van der Waals surface area contributed by atoms with Gasteiger partial charge < -0.3 is 9.47 Å². The molecule has 0 spiro atoms. The van der Waals surface area contributed by atoms with Crippen LogP contribution in [0.5, 0.6) is 11.5 Å². The summed E-state index contributed by atoms with van der Waals surface area (Å²) in [4.78, 5) is 5.20. The first-order valence-corrected chi connectivity index (χ1v) is 10.6. The molecule has 0 radical (unpaired) electrons. The van der Waals surface area contributed by atoms with Crippen molar-refractivity contribution >= 4 is 0 Å². The smallest absolute Gasteiger partial charge is 0.161 e. The summed E-state index contributed by atoms with van der Waals surface area (Å²) in [6, 6.07) is 5.12. The molecule has 2 saturated heterocycles. The van der Waals surface area contributed by atoms with Gasteiger partial charge in [-0.3, -0.25) is 9.80 Å². The summed E-state index contributed by atoms with van der Waals surface area (Å²) in [5.74, 6) is 1.85. The van der Waals surface area contributed by atoms with Gasteiger partial charge in [-0.25, -0.2) is 0 Å². The molecule has 26 heavy (non-hydrogen) atoms. The molecule has 2 fully saturated rings. The summed E-state index contributed by atoms with van der Waals surface area (Å²) in [7, 11) is 1.77. The third-order valence-corrected chi connectivity index (χ3v) is 6.40. The van der Waals surface area contributed by atoms with Gasteiger partial charge in [0, 0.05) is 12.6 Å². The minimum atomic E-state index is 0.581. The van der Waals surface area contributed by atoms with E-state index in [-0.39, 0.29) is 0 Å². The standard InChI is InChI=1S/C22H34N2O2/c1-25-21-17-19-18(8-7-9-20(19)24-12-5-6-13-24)16-22(21)26-15-14-23-10-3-2-4-11-23/h16-17,20H,2-15H2,1H3. The maximum Gasteiger partial charge on any atom is 0.161 e. The molecule has 1 atom stereocenters. The molecule has 0 saturated carbocycles. The van der Waals surface area contributed by atoms with Crippen molar-refractivity contribution in [1.82, 2.24) is 9.80 Å². The van der Waals surface area contributed by atoms with Crippen molar-refractivity contribution in [3.05, 3.63) is 23.3 Å². The number of benzene rings is 1. The highest BCUT2D eigenvalue weighted by Gasteiger charge is 2.29. The van der Waals surface area contributed by atoms with Gasteiger partial charge in [0.05, 0.1) is 7.11 Å². The number of fused-ring (bicyclic) bond motifs is 1. The van der Waals surface area contributed by atoms with Crippen LogP contribution in [0.1, 0.15) is 62.1 Å². The minimum Gasteiger partial charge on any atom is -0.493 e. The topological polar surface area (TPSA) is 24.9 Å². The Morgan fingerprint density at radius 1 is 0.923 bits per heavy atom. The van der Waals surface area contributed by atoms with Crippen molar-refractivity contribution in [3.63, 3.8) is 0 Å². The van der Waals surface area contributed by atoms with E-state index in [1.807, 2.05) is 0 Å². The summed E-state index contributed by atoms with van der Waals surface area (Å²) in [5, 5.41) is 0. The van der Waals surface area contributed by atoms with E-state index in [1.54, 1.807) is 7.11 Å². The van der Waals surface area contributed by atoms with Crippen LogP contribution in [0.15, 0.2) is 12.1 Å². The van der Waals surface area contributed by atoms with E-state index in [0.717, 1.165) is 24.7 Å². The van der Waals surface area contributed by atoms with Gasteiger partial charge in [0.15, 0.2) is 11.5 Å². The molecule has 1 aromatic rings. The fourth-order valence-electron chi connectivity index (χ4n) is 4.96. The van der Waals surface area contributed by atoms with Gasteiger partial charge in [-0.2, -0.15) is 0 Å². The van der Waals surface area contributed by atoms with E-state index >= 15 is 0 Å². The molecule has 0 N–H and O–H groups in total. The summed E-state index contributed by atoms with van der Waals surface area (Å²) in [5.41, 5.74) is 2.96. The third kappa shape index (κ3) is 4.01. The normalized spacial score (nSPS) is 24.4. The molecule has 0 bridgehead atoms. The lowest BCUT2D eigenvalue weighted by molar-refractivity contribution is 0.180. The summed E-state index contributed by atoms with van der Waals surface area (Å²) < 4.78 is 11.9. The largest absolute Gasteiger partial charge is 0.493 e. The number of hydrogen-bond donors (Lipinski definition) is 0. The Morgan fingerprint density at radius 3 is 2.46 bits per heavy atom. The number of hydrogen-bond acceptors (Lipinski definition) is 4. The Hall–Kier alpha value is -1.26. The van der Waals surface area contributed by atoms with Crippen molar-refractivity contribution in [2.24, 2.45) is 0 Å². The fourth-order valence-corrected chi connectivity index (χ4v) is 4.96. The van der Waals surface area contributed by atoms with E-state index < -0.39 is 0 Å². The van der Waals surface area contributed by atoms with Crippen LogP contribution >= 0.6 is 0 Å². The van der Waals surface area contributed by atoms with Gasteiger partial charge >= 0.3 is 0 Å². The zero-order chi connectivity index (χ0) is 17.8. The van der Waals surface area contributed by atoms with Crippen molar-refractivity contribution in [1.29, 1.82) is 0 Å². The van der Waals surface area contributed by atoms with Crippen LogP contribution < -0.4 is 9.47 Å². The zero-order valence-corrected chi connectivity index (χ0v) is 16.3. The lowest BCUT2D eigenvalue weighted by Crippen LogP contribution is -2.33. The van der Waals surface area contributed by atoms with Gasteiger partial charge in [-0.15, -0.1) is 0 Å². The van der Waals surface area contributed by atoms with Crippen molar-refractivity contribution in [3.8, 4) is 11.5 Å². The SMILES string of the molecule is COc1cc2c(cc1OCCN1CCCCC1)CCCC2N1CCCC1. The minimum absolute atomic E-state index is 0.581. The second kappa shape index (κ2) is 8.62. The Bertz CT molecular complexity index is 592. The third-order valence-electron chi connectivity index (χ3n) is 6.40. The second-order valence-corrected chi connectivity index (χ2v) is 8.10. The predicted octanol–water partition coefficient (Wildman–Crippen LogP) is 4.03. The van der Waals surface area contributed by atoms with E-state index in [2.05, 4.69) is 21.9 Å². The molecule has 0 amide bonds. The molecular weight excluding hydrogens is 324 g/mol. The van der Waals surface area contributed by atoms with E-state index in [0.29, 0.717) is 6.04 Å². The van der Waals surface area contributed by atoms with Crippen molar-refractivity contribution < 1.29 is 9.47 Å². The Morgan fingerprint density at radius 2 is 1.69 bits per heavy atom. The van der Waals surface area contributed by atoms with Crippen molar-refractivity contribution in [2.45, 2.75) is 57.4 Å². The van der Waals surface area contributed by atoms with E-state index in [4.69, 9.17) is 9.47 Å². The average Bonchev–Trinajstić information content (AvgIpc) is 3.22. The highest BCUT2D eigenvalue weighted by molar-refractivity contribution is 5.49. The number of nitrogens with zero attached hydrogens (tertiary/aromatic N) is 2. The van der Waals surface area contributed by atoms with Crippen LogP contribution in [-0.4, -0.2) is 56.2 Å². The molecule has 4 rings (SSSR count). The van der Waals surface area contributed by atoms with Crippen LogP contribution in [-0.2, 0) is 6.42 Å². The van der Waals surface area contributed by atoms with Gasteiger partial charge in [0.2, 0.25) is 0 Å². The van der Waals surface area contributed by atoms with Crippen LogP contribution in [0.2, 0.25) is 0 Å². The van der Waals surface area contributed by atoms with Crippen LogP contribution in [0.4, 0.5) is 0 Å². The molecule has 144 valence electrons. The van der Waals surface area contributed by atoms with Crippen LogP contribution in [0, 0.1) is 0 Å². The lowest BCUT2D eigenvalue weighted by atomic mass is 9.86. The number of likely N-dealkylation sites (tertiary alicyclic amines) is 2. The number of methoxy groups -OCH3 is 1. The highest BCUT2D eigenvalue weighted by Crippen LogP contribution is 2.41. The van der Waals surface area contributed by atoms with Crippen LogP contribution in [0.3, 0.4) is 0 Å². The fraction of sp³-hybridized carbons (Fsp3) is 0.727. The molecule has 2 heterocycles. The highest BCUT2D eigenvalue weighted by atomic mass is 16.5. The molecular formula is C22H34N2O2. The van der Waals surface area contributed by atoms with Gasteiger partial charge in [-0.05, 0) is 94.4 Å². The molecule has 1 aliphatic carbocycles. The summed E-state index contributed by atoms with van der Waals surface area (Å²) in [6.07, 6.45) is 10.5. The average molecular weight is 359 g/mol. The molecule has 0 aromatic heterocycles. The molecule has 1 aromatic carbocycles.